The predicted octanol–water partition coefficient (Wildman–Crippen LogP) is 11.0. The van der Waals surface area contributed by atoms with Gasteiger partial charge in [-0.15, -0.1) is 0 Å². The van der Waals surface area contributed by atoms with Crippen LogP contribution in [0.25, 0.3) is 66.5 Å². The molecule has 13 nitrogen and oxygen atoms in total. The highest BCUT2D eigenvalue weighted by Gasteiger charge is 2.33. The van der Waals surface area contributed by atoms with Crippen LogP contribution in [-0.2, 0) is 22.8 Å². The third kappa shape index (κ3) is 7.63. The topological polar surface area (TPSA) is 174 Å². The van der Waals surface area contributed by atoms with Crippen molar-refractivity contribution in [3.05, 3.63) is 184 Å². The van der Waals surface area contributed by atoms with Crippen LogP contribution in [0.2, 0.25) is 0 Å². The molecule has 3 aliphatic rings. The number of phenols is 1. The Morgan fingerprint density at radius 2 is 1.20 bits per heavy atom. The molecule has 13 rings (SSSR count). The minimum absolute atomic E-state index is 0.0156. The summed E-state index contributed by atoms with van der Waals surface area (Å²) in [6, 6.07) is 43.4. The van der Waals surface area contributed by atoms with Crippen molar-refractivity contribution in [1.82, 2.24) is 30.2 Å². The van der Waals surface area contributed by atoms with Crippen LogP contribution in [0, 0.1) is 6.92 Å². The van der Waals surface area contributed by atoms with Crippen molar-refractivity contribution < 1.29 is 33.7 Å². The van der Waals surface area contributed by atoms with Gasteiger partial charge in [-0.1, -0.05) is 123 Å². The Hall–Kier alpha value is -8.52. The van der Waals surface area contributed by atoms with Crippen LogP contribution in [0.1, 0.15) is 72.7 Å². The number of carbonyl (C=O) groups is 3. The summed E-state index contributed by atoms with van der Waals surface area (Å²) in [7, 11) is 1.62. The van der Waals surface area contributed by atoms with Gasteiger partial charge in [0.1, 0.15) is 36.2 Å². The number of hydrogen-bond donors (Lipinski definition) is 3. The fourth-order valence-corrected chi connectivity index (χ4v) is 9.22. The Bertz CT molecular complexity index is 3630. The minimum atomic E-state index is -0.180. The number of H-pyrrole nitrogens is 2. The number of ether oxygens (including phenoxy) is 3. The lowest BCUT2D eigenvalue weighted by molar-refractivity contribution is 0.0309. The van der Waals surface area contributed by atoms with Gasteiger partial charge >= 0.3 is 0 Å². The van der Waals surface area contributed by atoms with E-state index in [2.05, 4.69) is 25.5 Å². The predicted molar refractivity (Wildman–Crippen MR) is 265 cm³/mol. The molecule has 0 fully saturated rings. The number of aromatic hydroxyl groups is 1. The summed E-state index contributed by atoms with van der Waals surface area (Å²) >= 11 is 0. The number of aromatic amines is 2. The average molecular weight is 915 g/mol. The number of benzene rings is 7. The maximum Gasteiger partial charge on any atom is 0.198 e. The van der Waals surface area contributed by atoms with Gasteiger partial charge in [-0.25, -0.2) is 4.68 Å². The van der Waals surface area contributed by atoms with E-state index >= 15 is 0 Å². The Morgan fingerprint density at radius 3 is 1.91 bits per heavy atom. The highest BCUT2D eigenvalue weighted by molar-refractivity contribution is 6.28. The molecule has 69 heavy (non-hydrogen) atoms. The molecule has 0 bridgehead atoms. The van der Waals surface area contributed by atoms with Crippen molar-refractivity contribution in [3.63, 3.8) is 0 Å². The summed E-state index contributed by atoms with van der Waals surface area (Å²) < 4.78 is 18.2. The van der Waals surface area contributed by atoms with Gasteiger partial charge in [-0.2, -0.15) is 15.3 Å². The van der Waals surface area contributed by atoms with Crippen molar-refractivity contribution in [2.75, 3.05) is 20.3 Å². The highest BCUT2D eigenvalue weighted by Crippen LogP contribution is 2.44. The van der Waals surface area contributed by atoms with Crippen LogP contribution in [0.5, 0.6) is 11.5 Å². The lowest BCUT2D eigenvalue weighted by Crippen LogP contribution is -2.11. The number of aryl methyl sites for hydroxylation is 1. The number of rotatable bonds is 8. The van der Waals surface area contributed by atoms with E-state index in [4.69, 9.17) is 14.2 Å². The largest absolute Gasteiger partial charge is 0.507 e. The van der Waals surface area contributed by atoms with E-state index in [0.29, 0.717) is 58.9 Å². The number of nitrogens with zero attached hydrogens (tertiary/aromatic N) is 4. The molecule has 3 aromatic heterocycles. The first-order valence-electron chi connectivity index (χ1n) is 22.7. The van der Waals surface area contributed by atoms with Crippen LogP contribution < -0.4 is 4.74 Å². The maximum absolute atomic E-state index is 13.1. The van der Waals surface area contributed by atoms with Gasteiger partial charge < -0.3 is 19.3 Å². The molecule has 0 saturated heterocycles. The van der Waals surface area contributed by atoms with Gasteiger partial charge in [0.2, 0.25) is 0 Å². The van der Waals surface area contributed by atoms with Gasteiger partial charge in [-0.3, -0.25) is 24.6 Å². The first kappa shape index (κ1) is 44.3. The quantitative estimate of drug-likeness (QED) is 0.124. The molecule has 3 aliphatic carbocycles. The SMILES string of the molecule is CC.COCCOCn1nc2c3c(c(O)ccc31)C(=O)c1ccccc1-2.Cc1ccc2[nH]nc3c2c1C(=O)c1ccccc1-3.O=C1c2ccccc2-c2[nH]nc3ccc(OCc4ccccc4)c1c23. The fraction of sp³-hybridized carbons (Fsp3) is 0.143. The fourth-order valence-electron chi connectivity index (χ4n) is 9.22. The maximum atomic E-state index is 13.1. The minimum Gasteiger partial charge on any atom is -0.507 e. The van der Waals surface area contributed by atoms with E-state index in [-0.39, 0.29) is 29.8 Å². The third-order valence-corrected chi connectivity index (χ3v) is 12.4. The second-order valence-corrected chi connectivity index (χ2v) is 16.3. The van der Waals surface area contributed by atoms with Crippen LogP contribution in [0.15, 0.2) is 140 Å². The molecular weight excluding hydrogens is 869 g/mol. The number of phenolic OH excluding ortho intramolecular Hbond substituents is 1. The van der Waals surface area contributed by atoms with Crippen molar-refractivity contribution in [3.8, 4) is 45.3 Å². The van der Waals surface area contributed by atoms with Crippen molar-refractivity contribution in [2.24, 2.45) is 0 Å². The second-order valence-electron chi connectivity index (χ2n) is 16.3. The molecule has 3 heterocycles. The van der Waals surface area contributed by atoms with E-state index in [1.54, 1.807) is 23.9 Å². The zero-order valence-corrected chi connectivity index (χ0v) is 38.3. The molecule has 3 N–H and O–H groups in total. The summed E-state index contributed by atoms with van der Waals surface area (Å²) in [5.74, 6) is 0.475. The summed E-state index contributed by atoms with van der Waals surface area (Å²) in [6.45, 7) is 7.59. The van der Waals surface area contributed by atoms with E-state index in [1.165, 1.54) is 6.07 Å². The molecule has 0 aliphatic heterocycles. The average Bonchev–Trinajstić information content (AvgIpc) is 4.13. The monoisotopic (exact) mass is 914 g/mol. The Kier molecular flexibility index (Phi) is 12.0. The summed E-state index contributed by atoms with van der Waals surface area (Å²) in [5.41, 5.74) is 13.3. The van der Waals surface area contributed by atoms with Crippen LogP contribution in [0.3, 0.4) is 0 Å². The number of carbonyl (C=O) groups excluding carboxylic acids is 3. The van der Waals surface area contributed by atoms with Gasteiger partial charge in [0.05, 0.1) is 46.6 Å². The Morgan fingerprint density at radius 1 is 0.580 bits per heavy atom. The number of hydrogen-bond acceptors (Lipinski definition) is 10. The molecular formula is C56H46N6O7. The molecule has 10 aromatic rings. The zero-order chi connectivity index (χ0) is 47.8. The third-order valence-electron chi connectivity index (χ3n) is 12.4. The molecule has 342 valence electrons. The van der Waals surface area contributed by atoms with E-state index in [0.717, 1.165) is 77.7 Å². The lowest BCUT2D eigenvalue weighted by atomic mass is 9.85. The number of aromatic nitrogens is 6. The molecule has 7 aromatic carbocycles. The molecule has 0 spiro atoms. The van der Waals surface area contributed by atoms with E-state index < -0.39 is 0 Å². The summed E-state index contributed by atoms with van der Waals surface area (Å²) in [6.07, 6.45) is 0. The number of ketones is 3. The first-order valence-corrected chi connectivity index (χ1v) is 22.7. The van der Waals surface area contributed by atoms with Crippen LogP contribution in [0.4, 0.5) is 0 Å². The normalized spacial score (nSPS) is 12.3. The van der Waals surface area contributed by atoms with Gasteiger partial charge in [0.25, 0.3) is 0 Å². The Balaban J connectivity index is 0.000000120. The number of fused-ring (bicyclic) bond motifs is 6. The first-order chi connectivity index (χ1) is 33.8. The standard InChI is InChI=1S/C21H14N2O2.C18H16N2O4.C15H10N2O.C2H6/c24-21-15-9-5-4-8-14(15)20-18-16(22-23-20)10-11-17(19(18)21)25-12-13-6-2-1-3-7-13;1-23-8-9-24-10-20-13-6-7-14(21)16-15(13)17(19-20)11-4-2-3-5-12(11)18(16)22;1-8-6-7-11-13-12(8)15(18)10-5-3-2-4-9(10)14(13)17-16-11;1-2/h1-11H,12H2,(H,22,23);2-7,21H,8-10H2,1H3;2-7H,1H3,(H,16,17);1-2H3. The molecule has 0 saturated carbocycles. The van der Waals surface area contributed by atoms with Gasteiger partial charge in [0, 0.05) is 62.2 Å². The Labute approximate surface area is 396 Å². The molecule has 0 radical (unpaired) electrons. The van der Waals surface area contributed by atoms with E-state index in [1.807, 2.05) is 142 Å². The summed E-state index contributed by atoms with van der Waals surface area (Å²) in [4.78, 5) is 38.5. The number of methoxy groups -OCH3 is 1. The van der Waals surface area contributed by atoms with E-state index in [9.17, 15) is 19.5 Å². The van der Waals surface area contributed by atoms with Crippen molar-refractivity contribution >= 4 is 50.1 Å². The lowest BCUT2D eigenvalue weighted by Gasteiger charge is -2.18. The van der Waals surface area contributed by atoms with Gasteiger partial charge in [0.15, 0.2) is 17.3 Å². The molecule has 0 amide bonds. The van der Waals surface area contributed by atoms with Crippen LogP contribution in [-0.4, -0.2) is 73.0 Å². The highest BCUT2D eigenvalue weighted by atomic mass is 16.5. The zero-order valence-electron chi connectivity index (χ0n) is 38.3. The summed E-state index contributed by atoms with van der Waals surface area (Å²) in [5, 5.41) is 32.1. The van der Waals surface area contributed by atoms with Gasteiger partial charge in [-0.05, 0) is 48.4 Å². The molecule has 0 atom stereocenters. The smallest absolute Gasteiger partial charge is 0.198 e. The second kappa shape index (κ2) is 18.6. The molecule has 0 unspecified atom stereocenters. The molecule has 13 heteroatoms. The van der Waals surface area contributed by atoms with Crippen LogP contribution >= 0.6 is 0 Å². The van der Waals surface area contributed by atoms with Crippen molar-refractivity contribution in [1.29, 1.82) is 0 Å². The van der Waals surface area contributed by atoms with Crippen molar-refractivity contribution in [2.45, 2.75) is 34.1 Å². The number of nitrogens with one attached hydrogen (secondary N) is 2.